The van der Waals surface area contributed by atoms with Gasteiger partial charge in [0, 0.05) is 31.3 Å². The number of hydrogen-bond acceptors (Lipinski definition) is 8. The van der Waals surface area contributed by atoms with E-state index >= 15 is 0 Å². The van der Waals surface area contributed by atoms with Crippen molar-refractivity contribution in [3.8, 4) is 0 Å². The molecule has 2 aliphatic heterocycles. The number of anilines is 1. The van der Waals surface area contributed by atoms with Gasteiger partial charge in [-0.3, -0.25) is 14.4 Å². The molecule has 0 bridgehead atoms. The number of amides is 3. The topological polar surface area (TPSA) is 144 Å². The van der Waals surface area contributed by atoms with Crippen LogP contribution in [0.1, 0.15) is 55.0 Å². The molecule has 4 N–H and O–H groups in total. The number of nitrogens with zero attached hydrogens (tertiary/aromatic N) is 4. The average Bonchev–Trinajstić information content (AvgIpc) is 3.40. The average molecular weight is 526 g/mol. The molecule has 2 aromatic heterocycles. The number of thioether (sulfide) groups is 1. The minimum atomic E-state index is -0.762. The number of methoxy groups -OCH3 is 1. The van der Waals surface area contributed by atoms with Crippen LogP contribution in [0.4, 0.5) is 5.82 Å². The Morgan fingerprint density at radius 2 is 2.14 bits per heavy atom. The fourth-order valence-corrected chi connectivity index (χ4v) is 5.92. The zero-order valence-corrected chi connectivity index (χ0v) is 21.5. The van der Waals surface area contributed by atoms with Crippen molar-refractivity contribution in [2.75, 3.05) is 25.6 Å². The molecule has 11 nitrogen and oxygen atoms in total. The number of hydrogen-bond donors (Lipinski definition) is 3. The van der Waals surface area contributed by atoms with Gasteiger partial charge in [-0.2, -0.15) is 9.61 Å². The Morgan fingerprint density at radius 3 is 2.86 bits per heavy atom. The van der Waals surface area contributed by atoms with E-state index in [1.165, 1.54) is 17.8 Å². The normalized spacial score (nSPS) is 22.1. The first-order chi connectivity index (χ1) is 18.0. The van der Waals surface area contributed by atoms with Crippen LogP contribution >= 0.6 is 11.8 Å². The number of carbonyl (C=O) groups excluding carboxylic acids is 3. The summed E-state index contributed by atoms with van der Waals surface area (Å²) in [5, 5.41) is 10.3. The molecule has 1 aliphatic carbocycles. The fraction of sp³-hybridized carbons (Fsp3) is 0.480. The predicted molar refractivity (Wildman–Crippen MR) is 140 cm³/mol. The molecule has 1 saturated carbocycles. The largest absolute Gasteiger partial charge is 0.383 e. The molecule has 2 aromatic rings. The number of fused-ring (bicyclic) bond motifs is 1. The fourth-order valence-electron chi connectivity index (χ4n) is 4.77. The van der Waals surface area contributed by atoms with E-state index in [2.05, 4.69) is 15.7 Å². The van der Waals surface area contributed by atoms with E-state index in [1.54, 1.807) is 17.8 Å². The first-order valence-electron chi connectivity index (χ1n) is 12.5. The summed E-state index contributed by atoms with van der Waals surface area (Å²) < 4.78 is 7.05. The monoisotopic (exact) mass is 525 g/mol. The van der Waals surface area contributed by atoms with Gasteiger partial charge in [0.1, 0.15) is 11.5 Å². The molecule has 3 aliphatic rings. The standard InChI is InChI=1S/C25H31N7O4S/c1-36-13-17-4-2-3-9-31(17)25(35)21-8-7-20(37-21)18-11-22(29-16-5-6-16)32-24(30-18)15(12-28-32)10-19(23(26)34)27-14-33/h8,10-12,14,16-17,20,29H,2-7,9,13H2,1H3,(H2,26,34)(H,27,33)/b19-10-. The smallest absolute Gasteiger partial charge is 0.265 e. The van der Waals surface area contributed by atoms with Gasteiger partial charge in [-0.05, 0) is 44.6 Å². The molecule has 0 radical (unpaired) electrons. The maximum Gasteiger partial charge on any atom is 0.265 e. The molecule has 0 aromatic carbocycles. The Labute approximate surface area is 218 Å². The van der Waals surface area contributed by atoms with Gasteiger partial charge >= 0.3 is 0 Å². The van der Waals surface area contributed by atoms with E-state index < -0.39 is 5.91 Å². The number of nitrogens with one attached hydrogen (secondary N) is 2. The summed E-state index contributed by atoms with van der Waals surface area (Å²) in [5.74, 6) is 0.0930. The molecule has 2 atom stereocenters. The molecule has 0 spiro atoms. The first-order valence-corrected chi connectivity index (χ1v) is 13.4. The summed E-state index contributed by atoms with van der Waals surface area (Å²) in [4.78, 5) is 43.7. The van der Waals surface area contributed by atoms with Crippen molar-refractivity contribution in [2.24, 2.45) is 5.73 Å². The van der Waals surface area contributed by atoms with Gasteiger partial charge in [-0.15, -0.1) is 11.8 Å². The lowest BCUT2D eigenvalue weighted by Gasteiger charge is -2.35. The van der Waals surface area contributed by atoms with E-state index in [0.717, 1.165) is 55.1 Å². The number of likely N-dealkylation sites (tertiary alicyclic amines) is 1. The van der Waals surface area contributed by atoms with Crippen LogP contribution in [0.3, 0.4) is 0 Å². The van der Waals surface area contributed by atoms with Crippen LogP contribution < -0.4 is 16.4 Å². The SMILES string of the molecule is COCC1CCCCN1C(=O)C1=CCC(c2cc(NC3CC3)n3ncc(/C=C(\NC=O)C(N)=O)c3n2)S1. The van der Waals surface area contributed by atoms with Crippen molar-refractivity contribution < 1.29 is 19.1 Å². The number of nitrogens with two attached hydrogens (primary N) is 1. The highest BCUT2D eigenvalue weighted by Crippen LogP contribution is 2.45. The van der Waals surface area contributed by atoms with Gasteiger partial charge in [0.2, 0.25) is 6.41 Å². The number of piperidine rings is 1. The lowest BCUT2D eigenvalue weighted by atomic mass is 10.0. The summed E-state index contributed by atoms with van der Waals surface area (Å²) in [6.07, 6.45) is 11.4. The van der Waals surface area contributed by atoms with Crippen LogP contribution in [0.15, 0.2) is 28.9 Å². The first kappa shape index (κ1) is 25.3. The van der Waals surface area contributed by atoms with Crippen molar-refractivity contribution in [2.45, 2.75) is 55.9 Å². The number of allylic oxidation sites excluding steroid dienone is 1. The predicted octanol–water partition coefficient (Wildman–Crippen LogP) is 1.97. The van der Waals surface area contributed by atoms with Crippen molar-refractivity contribution in [1.82, 2.24) is 24.8 Å². The summed E-state index contributed by atoms with van der Waals surface area (Å²) in [5.41, 5.74) is 7.25. The second kappa shape index (κ2) is 10.9. The van der Waals surface area contributed by atoms with Crippen molar-refractivity contribution in [1.29, 1.82) is 0 Å². The molecule has 2 fully saturated rings. The Hall–Kier alpha value is -3.38. The third kappa shape index (κ3) is 5.49. The van der Waals surface area contributed by atoms with E-state index in [-0.39, 0.29) is 22.9 Å². The van der Waals surface area contributed by atoms with Crippen LogP contribution in [0.2, 0.25) is 0 Å². The number of primary amides is 1. The van der Waals surface area contributed by atoms with E-state index in [4.69, 9.17) is 15.5 Å². The van der Waals surface area contributed by atoms with E-state index in [9.17, 15) is 14.4 Å². The summed E-state index contributed by atoms with van der Waals surface area (Å²) >= 11 is 1.53. The maximum atomic E-state index is 13.4. The van der Waals surface area contributed by atoms with Crippen LogP contribution in [0.5, 0.6) is 0 Å². The Bertz CT molecular complexity index is 1270. The molecular weight excluding hydrogens is 494 g/mol. The molecule has 3 amide bonds. The van der Waals surface area contributed by atoms with E-state index in [1.807, 2.05) is 17.0 Å². The molecule has 2 unspecified atom stereocenters. The molecular formula is C25H31N7O4S. The van der Waals surface area contributed by atoms with Crippen molar-refractivity contribution >= 4 is 47.5 Å². The Balaban J connectivity index is 1.42. The molecule has 37 heavy (non-hydrogen) atoms. The van der Waals surface area contributed by atoms with Crippen molar-refractivity contribution in [3.63, 3.8) is 0 Å². The minimum absolute atomic E-state index is 0.0372. The lowest BCUT2D eigenvalue weighted by molar-refractivity contribution is -0.131. The third-order valence-electron chi connectivity index (χ3n) is 6.80. The Kier molecular flexibility index (Phi) is 7.47. The highest BCUT2D eigenvalue weighted by molar-refractivity contribution is 8.04. The van der Waals surface area contributed by atoms with Crippen LogP contribution in [0.25, 0.3) is 11.7 Å². The van der Waals surface area contributed by atoms with Crippen molar-refractivity contribution in [3.05, 3.63) is 40.2 Å². The molecule has 5 rings (SSSR count). The second-order valence-electron chi connectivity index (χ2n) is 9.52. The van der Waals surface area contributed by atoms with E-state index in [0.29, 0.717) is 36.7 Å². The third-order valence-corrected chi connectivity index (χ3v) is 8.12. The van der Waals surface area contributed by atoms with Crippen LogP contribution in [-0.4, -0.2) is 70.1 Å². The van der Waals surface area contributed by atoms with Crippen LogP contribution in [-0.2, 0) is 19.1 Å². The highest BCUT2D eigenvalue weighted by atomic mass is 32.2. The second-order valence-corrected chi connectivity index (χ2v) is 10.8. The Morgan fingerprint density at radius 1 is 1.30 bits per heavy atom. The van der Waals surface area contributed by atoms with Gasteiger partial charge < -0.3 is 26.0 Å². The van der Waals surface area contributed by atoms with Gasteiger partial charge in [-0.1, -0.05) is 6.08 Å². The molecule has 4 heterocycles. The van der Waals surface area contributed by atoms with Gasteiger partial charge in [-0.25, -0.2) is 4.98 Å². The zero-order chi connectivity index (χ0) is 25.9. The van der Waals surface area contributed by atoms with Crippen LogP contribution in [0, 0.1) is 0 Å². The summed E-state index contributed by atoms with van der Waals surface area (Å²) in [6.45, 7) is 1.29. The number of rotatable bonds is 10. The van der Waals surface area contributed by atoms with Gasteiger partial charge in [0.05, 0.1) is 34.7 Å². The minimum Gasteiger partial charge on any atom is -0.383 e. The zero-order valence-electron chi connectivity index (χ0n) is 20.7. The number of ether oxygens (including phenoxy) is 1. The number of aromatic nitrogens is 3. The summed E-state index contributed by atoms with van der Waals surface area (Å²) in [6, 6.07) is 2.47. The highest BCUT2D eigenvalue weighted by Gasteiger charge is 2.33. The lowest BCUT2D eigenvalue weighted by Crippen LogP contribution is -2.46. The quantitative estimate of drug-likeness (QED) is 0.315. The van der Waals surface area contributed by atoms with Gasteiger partial charge in [0.25, 0.3) is 11.8 Å². The van der Waals surface area contributed by atoms with Gasteiger partial charge in [0.15, 0.2) is 5.65 Å². The molecule has 12 heteroatoms. The molecule has 196 valence electrons. The maximum absolute atomic E-state index is 13.4. The summed E-state index contributed by atoms with van der Waals surface area (Å²) in [7, 11) is 1.67. The number of carbonyl (C=O) groups is 3. The molecule has 1 saturated heterocycles.